The summed E-state index contributed by atoms with van der Waals surface area (Å²) in [6.07, 6.45) is 9.13. The fourth-order valence-corrected chi connectivity index (χ4v) is 4.71. The molecule has 1 saturated heterocycles. The second-order valence-electron chi connectivity index (χ2n) is 6.30. The molecule has 0 spiro atoms. The average Bonchev–Trinajstić information content (AvgIpc) is 3.20. The summed E-state index contributed by atoms with van der Waals surface area (Å²) in [5.74, 6) is 7.10. The van der Waals surface area contributed by atoms with Crippen LogP contribution in [-0.2, 0) is 6.54 Å². The number of aliphatic hydroxyl groups excluding tert-OH is 1. The van der Waals surface area contributed by atoms with Crippen molar-refractivity contribution < 1.29 is 5.11 Å². The minimum atomic E-state index is 0.154. The van der Waals surface area contributed by atoms with Crippen molar-refractivity contribution in [2.75, 3.05) is 13.2 Å². The first-order valence-electron chi connectivity index (χ1n) is 8.28. The Balaban J connectivity index is 1.59. The van der Waals surface area contributed by atoms with Crippen molar-refractivity contribution in [3.05, 3.63) is 21.9 Å². The Morgan fingerprint density at radius 3 is 2.90 bits per heavy atom. The summed E-state index contributed by atoms with van der Waals surface area (Å²) in [7, 11) is 0. The molecule has 1 atom stereocenters. The van der Waals surface area contributed by atoms with Crippen LogP contribution in [0.25, 0.3) is 0 Å². The highest BCUT2D eigenvalue weighted by atomic mass is 32.1. The van der Waals surface area contributed by atoms with Crippen LogP contribution >= 0.6 is 11.3 Å². The van der Waals surface area contributed by atoms with Gasteiger partial charge in [-0.15, -0.1) is 11.3 Å². The highest BCUT2D eigenvalue weighted by Crippen LogP contribution is 2.36. The van der Waals surface area contributed by atoms with Gasteiger partial charge < -0.3 is 5.11 Å². The van der Waals surface area contributed by atoms with Gasteiger partial charge in [0.1, 0.15) is 0 Å². The second kappa shape index (κ2) is 7.45. The van der Waals surface area contributed by atoms with Crippen LogP contribution in [-0.4, -0.2) is 29.2 Å². The summed E-state index contributed by atoms with van der Waals surface area (Å²) in [4.78, 5) is 4.15. The van der Waals surface area contributed by atoms with E-state index in [0.29, 0.717) is 6.42 Å². The summed E-state index contributed by atoms with van der Waals surface area (Å²) in [5, 5.41) is 10.9. The molecule has 1 N–H and O–H groups in total. The maximum absolute atomic E-state index is 8.77. The van der Waals surface area contributed by atoms with Gasteiger partial charge in [-0.25, -0.2) is 0 Å². The lowest BCUT2D eigenvalue weighted by Gasteiger charge is -2.28. The summed E-state index contributed by atoms with van der Waals surface area (Å²) < 4.78 is 0. The van der Waals surface area contributed by atoms with Gasteiger partial charge in [-0.3, -0.25) is 4.90 Å². The molecule has 21 heavy (non-hydrogen) atoms. The molecular formula is C18H25NOS. The second-order valence-corrected chi connectivity index (χ2v) is 7.30. The van der Waals surface area contributed by atoms with Crippen LogP contribution in [0.15, 0.2) is 11.4 Å². The first kappa shape index (κ1) is 15.1. The minimum Gasteiger partial charge on any atom is -0.395 e. The molecule has 0 radical (unpaired) electrons. The van der Waals surface area contributed by atoms with Gasteiger partial charge in [0.2, 0.25) is 0 Å². The van der Waals surface area contributed by atoms with Crippen molar-refractivity contribution in [1.82, 2.24) is 4.90 Å². The van der Waals surface area contributed by atoms with Crippen LogP contribution < -0.4 is 0 Å². The Morgan fingerprint density at radius 1 is 1.24 bits per heavy atom. The molecule has 114 valence electrons. The lowest BCUT2D eigenvalue weighted by atomic mass is 9.96. The Labute approximate surface area is 132 Å². The third kappa shape index (κ3) is 3.88. The molecule has 2 heterocycles. The number of thiophene rings is 1. The van der Waals surface area contributed by atoms with Gasteiger partial charge in [0.05, 0.1) is 6.61 Å². The Kier molecular flexibility index (Phi) is 5.35. The summed E-state index contributed by atoms with van der Waals surface area (Å²) >= 11 is 1.83. The third-order valence-corrected chi connectivity index (χ3v) is 5.76. The van der Waals surface area contributed by atoms with Crippen molar-refractivity contribution >= 4 is 11.3 Å². The number of hydrogen-bond acceptors (Lipinski definition) is 3. The van der Waals surface area contributed by atoms with E-state index in [4.69, 9.17) is 5.11 Å². The normalized spacial score (nSPS) is 23.4. The smallest absolute Gasteiger partial charge is 0.0540 e. The van der Waals surface area contributed by atoms with Crippen LogP contribution in [0.2, 0.25) is 0 Å². The summed E-state index contributed by atoms with van der Waals surface area (Å²) in [5.41, 5.74) is 1.11. The van der Waals surface area contributed by atoms with Crippen molar-refractivity contribution in [2.45, 2.75) is 57.5 Å². The van der Waals surface area contributed by atoms with E-state index < -0.39 is 0 Å². The van der Waals surface area contributed by atoms with Gasteiger partial charge in [0.15, 0.2) is 0 Å². The molecule has 2 fully saturated rings. The zero-order chi connectivity index (χ0) is 14.5. The molecule has 1 aromatic heterocycles. The average molecular weight is 303 g/mol. The third-order valence-electron chi connectivity index (χ3n) is 4.84. The maximum atomic E-state index is 8.77. The highest BCUT2D eigenvalue weighted by molar-refractivity contribution is 7.10. The maximum Gasteiger partial charge on any atom is 0.0540 e. The molecule has 3 rings (SSSR count). The highest BCUT2D eigenvalue weighted by Gasteiger charge is 2.33. The van der Waals surface area contributed by atoms with Crippen molar-refractivity contribution in [3.8, 4) is 11.8 Å². The quantitative estimate of drug-likeness (QED) is 0.859. The predicted molar refractivity (Wildman–Crippen MR) is 88.3 cm³/mol. The Morgan fingerprint density at radius 2 is 2.10 bits per heavy atom. The standard InChI is InChI=1S/C18H25NOS/c20-11-4-3-6-15-12-17(21-14-15)13-19-10-5-9-18(19)16-7-1-2-8-16/h12,14,16,18,20H,1-2,4-5,7-11,13H2. The fourth-order valence-electron chi connectivity index (χ4n) is 3.87. The molecule has 0 amide bonds. The molecular weight excluding hydrogens is 278 g/mol. The number of nitrogens with zero attached hydrogens (tertiary/aromatic N) is 1. The van der Waals surface area contributed by atoms with Crippen LogP contribution in [0, 0.1) is 17.8 Å². The molecule has 3 heteroatoms. The van der Waals surface area contributed by atoms with Crippen LogP contribution in [0.1, 0.15) is 55.4 Å². The Bertz CT molecular complexity index is 507. The zero-order valence-electron chi connectivity index (χ0n) is 12.7. The molecule has 1 saturated carbocycles. The number of aliphatic hydroxyl groups is 1. The molecule has 2 aliphatic rings. The molecule has 1 aliphatic carbocycles. The van der Waals surface area contributed by atoms with Crippen LogP contribution in [0.5, 0.6) is 0 Å². The van der Waals surface area contributed by atoms with E-state index in [0.717, 1.165) is 24.1 Å². The number of likely N-dealkylation sites (tertiary alicyclic amines) is 1. The van der Waals surface area contributed by atoms with Crippen molar-refractivity contribution in [2.24, 2.45) is 5.92 Å². The van der Waals surface area contributed by atoms with Gasteiger partial charge in [0, 0.05) is 34.8 Å². The first-order valence-corrected chi connectivity index (χ1v) is 9.16. The van der Waals surface area contributed by atoms with E-state index in [1.807, 2.05) is 11.3 Å². The Hall–Kier alpha value is -0.820. The fraction of sp³-hybridized carbons (Fsp3) is 0.667. The van der Waals surface area contributed by atoms with E-state index in [9.17, 15) is 0 Å². The lowest BCUT2D eigenvalue weighted by molar-refractivity contribution is 0.184. The van der Waals surface area contributed by atoms with Gasteiger partial charge in [-0.2, -0.15) is 0 Å². The SMILES string of the molecule is OCCC#Cc1csc(CN2CCCC2C2CCCC2)c1. The lowest BCUT2D eigenvalue weighted by Crippen LogP contribution is -2.33. The summed E-state index contributed by atoms with van der Waals surface area (Å²) in [6, 6.07) is 3.07. The predicted octanol–water partition coefficient (Wildman–Crippen LogP) is 3.64. The topological polar surface area (TPSA) is 23.5 Å². The van der Waals surface area contributed by atoms with Crippen LogP contribution in [0.4, 0.5) is 0 Å². The van der Waals surface area contributed by atoms with E-state index in [2.05, 4.69) is 28.2 Å². The van der Waals surface area contributed by atoms with Gasteiger partial charge in [-0.1, -0.05) is 24.7 Å². The van der Waals surface area contributed by atoms with E-state index in [-0.39, 0.29) is 6.61 Å². The monoisotopic (exact) mass is 303 g/mol. The van der Waals surface area contributed by atoms with Crippen molar-refractivity contribution in [3.63, 3.8) is 0 Å². The first-order chi connectivity index (χ1) is 10.4. The molecule has 0 aromatic carbocycles. The molecule has 0 bridgehead atoms. The van der Waals surface area contributed by atoms with Crippen molar-refractivity contribution in [1.29, 1.82) is 0 Å². The van der Waals surface area contributed by atoms with Crippen LogP contribution in [0.3, 0.4) is 0 Å². The number of hydrogen-bond donors (Lipinski definition) is 1. The van der Waals surface area contributed by atoms with Gasteiger partial charge in [0.25, 0.3) is 0 Å². The zero-order valence-corrected chi connectivity index (χ0v) is 13.5. The molecule has 1 aliphatic heterocycles. The summed E-state index contributed by atoms with van der Waals surface area (Å²) in [6.45, 7) is 2.53. The molecule has 1 aromatic rings. The minimum absolute atomic E-state index is 0.154. The van der Waals surface area contributed by atoms with Gasteiger partial charge >= 0.3 is 0 Å². The molecule has 2 nitrogen and oxygen atoms in total. The van der Waals surface area contributed by atoms with E-state index in [1.165, 1.54) is 49.9 Å². The molecule has 1 unspecified atom stereocenters. The van der Waals surface area contributed by atoms with E-state index in [1.54, 1.807) is 0 Å². The van der Waals surface area contributed by atoms with E-state index >= 15 is 0 Å². The number of rotatable bonds is 4. The van der Waals surface area contributed by atoms with Gasteiger partial charge in [-0.05, 0) is 44.2 Å². The largest absolute Gasteiger partial charge is 0.395 e.